The highest BCUT2D eigenvalue weighted by molar-refractivity contribution is 5.69. The summed E-state index contributed by atoms with van der Waals surface area (Å²) in [5.74, 6) is -5.68. The van der Waals surface area contributed by atoms with E-state index in [0.29, 0.717) is 0 Å². The van der Waals surface area contributed by atoms with Crippen molar-refractivity contribution < 1.29 is 85.7 Å². The second-order valence-corrected chi connectivity index (χ2v) is 10.3. The van der Waals surface area contributed by atoms with Crippen LogP contribution in [0.2, 0.25) is 0 Å². The first kappa shape index (κ1) is 38.3. The van der Waals surface area contributed by atoms with Crippen LogP contribution in [0.1, 0.15) is 55.4 Å². The highest BCUT2D eigenvalue weighted by Gasteiger charge is 2.56. The molecule has 260 valence electrons. The lowest BCUT2D eigenvalue weighted by molar-refractivity contribution is -0.336. The molecule has 2 aliphatic heterocycles. The van der Waals surface area contributed by atoms with Gasteiger partial charge in [-0.15, -0.1) is 0 Å². The second kappa shape index (κ2) is 17.2. The highest BCUT2D eigenvalue weighted by atomic mass is 16.8. The molecule has 0 aromatic rings. The van der Waals surface area contributed by atoms with E-state index in [1.54, 1.807) is 0 Å². The van der Waals surface area contributed by atoms with Crippen molar-refractivity contribution in [2.45, 2.75) is 123 Å². The van der Waals surface area contributed by atoms with Crippen LogP contribution in [-0.2, 0) is 85.7 Å². The first-order chi connectivity index (χ1) is 21.4. The quantitative estimate of drug-likeness (QED) is 0.192. The van der Waals surface area contributed by atoms with Gasteiger partial charge in [-0.2, -0.15) is 0 Å². The Balaban J connectivity index is 2.56. The van der Waals surface area contributed by atoms with Crippen LogP contribution in [-0.4, -0.2) is 123 Å². The Bertz CT molecular complexity index is 1140. The van der Waals surface area contributed by atoms with Crippen molar-refractivity contribution in [2.75, 3.05) is 13.7 Å². The Morgan fingerprint density at radius 1 is 0.522 bits per heavy atom. The lowest BCUT2D eigenvalue weighted by Crippen LogP contribution is -2.65. The Labute approximate surface area is 264 Å². The number of hydrogen-bond acceptors (Lipinski definition) is 18. The molecule has 0 unspecified atom stereocenters. The van der Waals surface area contributed by atoms with Crippen LogP contribution in [0.3, 0.4) is 0 Å². The standard InChI is InChI=1S/C28H40O18/c1-11(38-12(2)29)20-22(40-14(4)31)24(42-16(6)33)26(44-18(8)35)28(46-20)37-10-19-21(39-13(3)30)23(41-15(5)32)25(43-17(7)34)27(36-9)45-19/h11,19-28H,10H2,1-9H3/t11-,19+,20+,21-,22-,23-,24-,25+,26+,27-,28+/m0/s1. The van der Waals surface area contributed by atoms with Crippen molar-refractivity contribution in [1.29, 1.82) is 0 Å². The van der Waals surface area contributed by atoms with Gasteiger partial charge in [0.05, 0.1) is 6.61 Å². The molecule has 0 amide bonds. The molecule has 0 aromatic carbocycles. The first-order valence-electron chi connectivity index (χ1n) is 14.1. The van der Waals surface area contributed by atoms with Crippen molar-refractivity contribution in [3.05, 3.63) is 0 Å². The van der Waals surface area contributed by atoms with Crippen molar-refractivity contribution in [2.24, 2.45) is 0 Å². The van der Waals surface area contributed by atoms with E-state index in [0.717, 1.165) is 48.5 Å². The number of ether oxygens (including phenoxy) is 11. The van der Waals surface area contributed by atoms with Gasteiger partial charge in [-0.25, -0.2) is 0 Å². The molecule has 0 N–H and O–H groups in total. The molecule has 2 aliphatic rings. The van der Waals surface area contributed by atoms with Crippen LogP contribution < -0.4 is 0 Å². The van der Waals surface area contributed by atoms with Gasteiger partial charge in [0.1, 0.15) is 18.3 Å². The van der Waals surface area contributed by atoms with Gasteiger partial charge >= 0.3 is 41.8 Å². The minimum absolute atomic E-state index is 0.565. The van der Waals surface area contributed by atoms with E-state index in [2.05, 4.69) is 0 Å². The molecule has 0 saturated carbocycles. The van der Waals surface area contributed by atoms with Crippen molar-refractivity contribution in [3.8, 4) is 0 Å². The average molecular weight is 665 g/mol. The minimum atomic E-state index is -1.62. The molecule has 0 spiro atoms. The van der Waals surface area contributed by atoms with Gasteiger partial charge in [-0.05, 0) is 6.92 Å². The van der Waals surface area contributed by atoms with Crippen LogP contribution in [0, 0.1) is 0 Å². The van der Waals surface area contributed by atoms with Crippen LogP contribution in [0.25, 0.3) is 0 Å². The molecule has 18 nitrogen and oxygen atoms in total. The molecule has 2 saturated heterocycles. The summed E-state index contributed by atoms with van der Waals surface area (Å²) in [5, 5.41) is 0. The third-order valence-corrected chi connectivity index (χ3v) is 6.41. The number of methoxy groups -OCH3 is 1. The molecule has 2 heterocycles. The Kier molecular flexibility index (Phi) is 14.3. The fourth-order valence-corrected chi connectivity index (χ4v) is 5.01. The number of carbonyl (C=O) groups is 7. The van der Waals surface area contributed by atoms with Crippen LogP contribution in [0.15, 0.2) is 0 Å². The van der Waals surface area contributed by atoms with Crippen LogP contribution in [0.4, 0.5) is 0 Å². The van der Waals surface area contributed by atoms with E-state index < -0.39 is 116 Å². The van der Waals surface area contributed by atoms with Gasteiger partial charge in [-0.1, -0.05) is 0 Å². The van der Waals surface area contributed by atoms with Crippen LogP contribution in [0.5, 0.6) is 0 Å². The van der Waals surface area contributed by atoms with E-state index in [1.807, 2.05) is 0 Å². The average Bonchev–Trinajstić information content (AvgIpc) is 2.90. The topological polar surface area (TPSA) is 221 Å². The number of hydrogen-bond donors (Lipinski definition) is 0. The Hall–Kier alpha value is -3.87. The Morgan fingerprint density at radius 2 is 0.913 bits per heavy atom. The summed E-state index contributed by atoms with van der Waals surface area (Å²) in [6, 6.07) is 0. The molecule has 0 radical (unpaired) electrons. The van der Waals surface area contributed by atoms with Gasteiger partial charge in [0, 0.05) is 55.6 Å². The predicted octanol–water partition coefficient (Wildman–Crippen LogP) is -0.359. The van der Waals surface area contributed by atoms with Crippen molar-refractivity contribution in [1.82, 2.24) is 0 Å². The third-order valence-electron chi connectivity index (χ3n) is 6.41. The molecule has 0 aliphatic carbocycles. The summed E-state index contributed by atoms with van der Waals surface area (Å²) in [7, 11) is 1.22. The number of rotatable bonds is 12. The number of carbonyl (C=O) groups excluding carboxylic acids is 7. The predicted molar refractivity (Wildman–Crippen MR) is 145 cm³/mol. The Morgan fingerprint density at radius 3 is 1.35 bits per heavy atom. The lowest BCUT2D eigenvalue weighted by Gasteiger charge is -2.47. The monoisotopic (exact) mass is 664 g/mol. The third kappa shape index (κ3) is 10.9. The fraction of sp³-hybridized carbons (Fsp3) is 0.750. The summed E-state index contributed by atoms with van der Waals surface area (Å²) >= 11 is 0. The largest absolute Gasteiger partial charge is 0.460 e. The van der Waals surface area contributed by atoms with E-state index >= 15 is 0 Å². The summed E-state index contributed by atoms with van der Waals surface area (Å²) in [4.78, 5) is 84.2. The molecule has 46 heavy (non-hydrogen) atoms. The van der Waals surface area contributed by atoms with Crippen LogP contribution >= 0.6 is 0 Å². The zero-order valence-electron chi connectivity index (χ0n) is 26.9. The molecule has 11 atom stereocenters. The summed E-state index contributed by atoms with van der Waals surface area (Å²) < 4.78 is 60.7. The van der Waals surface area contributed by atoms with Gasteiger partial charge in [-0.3, -0.25) is 33.6 Å². The maximum absolute atomic E-state index is 12.2. The molecule has 0 aromatic heterocycles. The molecule has 18 heteroatoms. The molecular formula is C28H40O18. The number of esters is 7. The lowest BCUT2D eigenvalue weighted by atomic mass is 9.94. The SMILES string of the molecule is CO[C@H]1O[C@H](CO[C@@H]2O[C@H]([C@H](C)OC(C)=O)[C@H](OC(C)=O)[C@H](OC(C)=O)[C@H]2OC(C)=O)[C@H](OC(C)=O)[C@H](OC(C)=O)[C@H]1OC(C)=O. The second-order valence-electron chi connectivity index (χ2n) is 10.3. The normalized spacial score (nSPS) is 31.3. The van der Waals surface area contributed by atoms with Crippen molar-refractivity contribution >= 4 is 41.8 Å². The minimum Gasteiger partial charge on any atom is -0.460 e. The van der Waals surface area contributed by atoms with E-state index in [4.69, 9.17) is 52.1 Å². The van der Waals surface area contributed by atoms with E-state index in [9.17, 15) is 33.6 Å². The smallest absolute Gasteiger partial charge is 0.303 e. The molecule has 0 bridgehead atoms. The summed E-state index contributed by atoms with van der Waals surface area (Å²) in [6.45, 7) is 8.42. The maximum Gasteiger partial charge on any atom is 0.303 e. The maximum atomic E-state index is 12.2. The fourth-order valence-electron chi connectivity index (χ4n) is 5.01. The van der Waals surface area contributed by atoms with Gasteiger partial charge < -0.3 is 52.1 Å². The van der Waals surface area contributed by atoms with Gasteiger partial charge in [0.2, 0.25) is 0 Å². The highest BCUT2D eigenvalue weighted by Crippen LogP contribution is 2.34. The van der Waals surface area contributed by atoms with Gasteiger partial charge in [0.25, 0.3) is 0 Å². The zero-order valence-corrected chi connectivity index (χ0v) is 26.9. The van der Waals surface area contributed by atoms with Gasteiger partial charge in [0.15, 0.2) is 49.2 Å². The van der Waals surface area contributed by atoms with E-state index in [-0.39, 0.29) is 0 Å². The molecule has 2 fully saturated rings. The first-order valence-corrected chi connectivity index (χ1v) is 14.1. The van der Waals surface area contributed by atoms with Crippen molar-refractivity contribution in [3.63, 3.8) is 0 Å². The molecule has 2 rings (SSSR count). The summed E-state index contributed by atoms with van der Waals surface area (Å²) in [5.41, 5.74) is 0. The zero-order chi connectivity index (χ0) is 34.9. The van der Waals surface area contributed by atoms with E-state index in [1.165, 1.54) is 14.0 Å². The molecular weight excluding hydrogens is 624 g/mol. The summed E-state index contributed by atoms with van der Waals surface area (Å²) in [6.07, 6.45) is -15.6.